The number of ether oxygens (including phenoxy) is 1. The quantitative estimate of drug-likeness (QED) is 0.864. The number of rotatable bonds is 3. The summed E-state index contributed by atoms with van der Waals surface area (Å²) in [6.07, 6.45) is 3.59. The van der Waals surface area contributed by atoms with E-state index in [1.165, 1.54) is 0 Å². The summed E-state index contributed by atoms with van der Waals surface area (Å²) in [6, 6.07) is 5.15. The maximum absolute atomic E-state index is 13.1. The highest BCUT2D eigenvalue weighted by Crippen LogP contribution is 2.34. The van der Waals surface area contributed by atoms with E-state index in [0.29, 0.717) is 30.2 Å². The Morgan fingerprint density at radius 3 is 2.95 bits per heavy atom. The molecule has 1 aliphatic heterocycles. The Bertz CT molecular complexity index is 630. The van der Waals surface area contributed by atoms with Gasteiger partial charge in [-0.1, -0.05) is 13.0 Å². The van der Waals surface area contributed by atoms with Crippen molar-refractivity contribution >= 4 is 15.7 Å². The highest BCUT2D eigenvalue weighted by atomic mass is 32.2. The number of hydrogen-bond donors (Lipinski definition) is 1. The molecule has 21 heavy (non-hydrogen) atoms. The number of aryl methyl sites for hydroxylation is 1. The first-order valence-corrected chi connectivity index (χ1v) is 9.00. The van der Waals surface area contributed by atoms with Crippen LogP contribution in [0, 0.1) is 0 Å². The third kappa shape index (κ3) is 2.56. The Hall–Kier alpha value is -1.11. The lowest BCUT2D eigenvalue weighted by atomic mass is 10.1. The number of hydrogen-bond acceptors (Lipinski definition) is 4. The molecule has 2 aliphatic rings. The van der Waals surface area contributed by atoms with Crippen molar-refractivity contribution in [3.63, 3.8) is 0 Å². The van der Waals surface area contributed by atoms with Crippen molar-refractivity contribution in [3.05, 3.63) is 23.8 Å². The van der Waals surface area contributed by atoms with Gasteiger partial charge in [0.15, 0.2) is 0 Å². The van der Waals surface area contributed by atoms with Crippen LogP contribution in [0.3, 0.4) is 0 Å². The van der Waals surface area contributed by atoms with E-state index in [-0.39, 0.29) is 12.1 Å². The second-order valence-corrected chi connectivity index (χ2v) is 7.60. The standard InChI is InChI=1S/C15H22N2O3S/c1-2-11-6-7-12(16)10-15(11)21(18,19)17-8-9-20-14-5-3-4-13(14)17/h6-7,10,13-14H,2-5,8-9,16H2,1H3. The van der Waals surface area contributed by atoms with E-state index in [0.717, 1.165) is 24.8 Å². The molecule has 6 heteroatoms. The van der Waals surface area contributed by atoms with Gasteiger partial charge in [0.2, 0.25) is 10.0 Å². The van der Waals surface area contributed by atoms with Crippen LogP contribution in [0.25, 0.3) is 0 Å². The topological polar surface area (TPSA) is 72.6 Å². The number of anilines is 1. The minimum atomic E-state index is -3.51. The van der Waals surface area contributed by atoms with Gasteiger partial charge in [-0.25, -0.2) is 8.42 Å². The maximum Gasteiger partial charge on any atom is 0.243 e. The molecular weight excluding hydrogens is 288 g/mol. The zero-order valence-corrected chi connectivity index (χ0v) is 13.1. The van der Waals surface area contributed by atoms with E-state index in [1.807, 2.05) is 13.0 Å². The van der Waals surface area contributed by atoms with Crippen LogP contribution < -0.4 is 5.73 Å². The molecule has 0 radical (unpaired) electrons. The molecule has 1 aromatic carbocycles. The number of nitrogen functional groups attached to an aromatic ring is 1. The molecule has 0 amide bonds. The second kappa shape index (κ2) is 5.59. The van der Waals surface area contributed by atoms with Crippen LogP contribution in [0.4, 0.5) is 5.69 Å². The average molecular weight is 310 g/mol. The summed E-state index contributed by atoms with van der Waals surface area (Å²) in [4.78, 5) is 0.359. The third-order valence-corrected chi connectivity index (χ3v) is 6.50. The van der Waals surface area contributed by atoms with E-state index in [2.05, 4.69) is 0 Å². The Labute approximate surface area is 126 Å². The van der Waals surface area contributed by atoms with Crippen LogP contribution in [0.2, 0.25) is 0 Å². The smallest absolute Gasteiger partial charge is 0.243 e. The van der Waals surface area contributed by atoms with E-state index in [1.54, 1.807) is 16.4 Å². The van der Waals surface area contributed by atoms with Gasteiger partial charge in [-0.05, 0) is 43.4 Å². The van der Waals surface area contributed by atoms with Crippen LogP contribution in [0.1, 0.15) is 31.7 Å². The van der Waals surface area contributed by atoms with Gasteiger partial charge in [-0.15, -0.1) is 0 Å². The number of fused-ring (bicyclic) bond motifs is 1. The van der Waals surface area contributed by atoms with Crippen molar-refractivity contribution in [2.45, 2.75) is 49.6 Å². The normalized spacial score (nSPS) is 26.7. The Balaban J connectivity index is 2.02. The van der Waals surface area contributed by atoms with Crippen LogP contribution in [0.5, 0.6) is 0 Å². The van der Waals surface area contributed by atoms with Gasteiger partial charge < -0.3 is 10.5 Å². The molecule has 0 aromatic heterocycles. The van der Waals surface area contributed by atoms with E-state index < -0.39 is 10.0 Å². The lowest BCUT2D eigenvalue weighted by Gasteiger charge is -2.37. The largest absolute Gasteiger partial charge is 0.399 e. The molecule has 0 bridgehead atoms. The van der Waals surface area contributed by atoms with Gasteiger partial charge >= 0.3 is 0 Å². The molecular formula is C15H22N2O3S. The Kier molecular flexibility index (Phi) is 3.94. The molecule has 2 fully saturated rings. The average Bonchev–Trinajstić information content (AvgIpc) is 2.95. The lowest BCUT2D eigenvalue weighted by molar-refractivity contribution is -0.0241. The van der Waals surface area contributed by atoms with Crippen molar-refractivity contribution in [2.75, 3.05) is 18.9 Å². The molecule has 1 aromatic rings. The fourth-order valence-electron chi connectivity index (χ4n) is 3.42. The number of nitrogens with zero attached hydrogens (tertiary/aromatic N) is 1. The van der Waals surface area contributed by atoms with Gasteiger partial charge in [0.1, 0.15) is 0 Å². The molecule has 1 aliphatic carbocycles. The molecule has 2 atom stereocenters. The molecule has 0 spiro atoms. The molecule has 1 heterocycles. The number of sulfonamides is 1. The summed E-state index contributed by atoms with van der Waals surface area (Å²) in [7, 11) is -3.51. The van der Waals surface area contributed by atoms with Crippen LogP contribution >= 0.6 is 0 Å². The van der Waals surface area contributed by atoms with Gasteiger partial charge in [-0.3, -0.25) is 0 Å². The van der Waals surface area contributed by atoms with Crippen molar-refractivity contribution < 1.29 is 13.2 Å². The predicted octanol–water partition coefficient (Wildman–Crippen LogP) is 1.77. The summed E-state index contributed by atoms with van der Waals surface area (Å²) in [5, 5.41) is 0. The highest BCUT2D eigenvalue weighted by Gasteiger charge is 2.42. The van der Waals surface area contributed by atoms with Crippen molar-refractivity contribution in [1.82, 2.24) is 4.31 Å². The van der Waals surface area contributed by atoms with Gasteiger partial charge in [0, 0.05) is 12.2 Å². The minimum Gasteiger partial charge on any atom is -0.399 e. The molecule has 1 saturated heterocycles. The summed E-state index contributed by atoms with van der Waals surface area (Å²) < 4.78 is 33.5. The Morgan fingerprint density at radius 2 is 2.19 bits per heavy atom. The van der Waals surface area contributed by atoms with Gasteiger partial charge in [0.25, 0.3) is 0 Å². The molecule has 116 valence electrons. The number of benzene rings is 1. The molecule has 5 nitrogen and oxygen atoms in total. The molecule has 3 rings (SSSR count). The first-order valence-electron chi connectivity index (χ1n) is 7.56. The van der Waals surface area contributed by atoms with E-state index in [9.17, 15) is 8.42 Å². The first-order chi connectivity index (χ1) is 10.0. The van der Waals surface area contributed by atoms with Gasteiger partial charge in [0.05, 0.1) is 23.6 Å². The molecule has 2 unspecified atom stereocenters. The minimum absolute atomic E-state index is 0.0186. The number of nitrogens with two attached hydrogens (primary N) is 1. The predicted molar refractivity (Wildman–Crippen MR) is 81.5 cm³/mol. The first kappa shape index (κ1) is 14.8. The second-order valence-electron chi connectivity index (χ2n) is 5.74. The zero-order chi connectivity index (χ0) is 15.0. The maximum atomic E-state index is 13.1. The fourth-order valence-corrected chi connectivity index (χ4v) is 5.41. The summed E-state index contributed by atoms with van der Waals surface area (Å²) in [5.74, 6) is 0. The molecule has 1 saturated carbocycles. The van der Waals surface area contributed by atoms with Crippen LogP contribution in [-0.2, 0) is 21.2 Å². The van der Waals surface area contributed by atoms with Crippen LogP contribution in [-0.4, -0.2) is 38.0 Å². The van der Waals surface area contributed by atoms with Crippen molar-refractivity contribution in [3.8, 4) is 0 Å². The van der Waals surface area contributed by atoms with Gasteiger partial charge in [-0.2, -0.15) is 4.31 Å². The lowest BCUT2D eigenvalue weighted by Crippen LogP contribution is -2.51. The van der Waals surface area contributed by atoms with Crippen LogP contribution in [0.15, 0.2) is 23.1 Å². The van der Waals surface area contributed by atoms with E-state index in [4.69, 9.17) is 10.5 Å². The SMILES string of the molecule is CCc1ccc(N)cc1S(=O)(=O)N1CCOC2CCCC21. The molecule has 2 N–H and O–H groups in total. The van der Waals surface area contributed by atoms with Crippen molar-refractivity contribution in [2.24, 2.45) is 0 Å². The summed E-state index contributed by atoms with van der Waals surface area (Å²) in [5.41, 5.74) is 7.12. The zero-order valence-electron chi connectivity index (χ0n) is 12.3. The summed E-state index contributed by atoms with van der Waals surface area (Å²) >= 11 is 0. The summed E-state index contributed by atoms with van der Waals surface area (Å²) in [6.45, 7) is 2.87. The third-order valence-electron chi connectivity index (χ3n) is 4.49. The highest BCUT2D eigenvalue weighted by molar-refractivity contribution is 7.89. The monoisotopic (exact) mass is 310 g/mol. The Morgan fingerprint density at radius 1 is 1.38 bits per heavy atom. The van der Waals surface area contributed by atoms with Crippen molar-refractivity contribution in [1.29, 1.82) is 0 Å². The number of morpholine rings is 1. The fraction of sp³-hybridized carbons (Fsp3) is 0.600. The van der Waals surface area contributed by atoms with E-state index >= 15 is 0 Å².